The summed E-state index contributed by atoms with van der Waals surface area (Å²) in [4.78, 5) is 26.3. The zero-order valence-corrected chi connectivity index (χ0v) is 14.3. The number of benzene rings is 1. The van der Waals surface area contributed by atoms with Crippen LogP contribution >= 0.6 is 0 Å². The molecule has 0 radical (unpaired) electrons. The number of fused-ring (bicyclic) bond motifs is 1. The van der Waals surface area contributed by atoms with E-state index in [2.05, 4.69) is 11.4 Å². The third-order valence-corrected chi connectivity index (χ3v) is 4.70. The van der Waals surface area contributed by atoms with Gasteiger partial charge in [0.15, 0.2) is 0 Å². The zero-order chi connectivity index (χ0) is 16.9. The van der Waals surface area contributed by atoms with Crippen LogP contribution < -0.4 is 10.2 Å². The molecular weight excluding hydrogens is 304 g/mol. The fourth-order valence-corrected chi connectivity index (χ4v) is 3.00. The van der Waals surface area contributed by atoms with Gasteiger partial charge in [-0.15, -0.1) is 0 Å². The first kappa shape index (κ1) is 17.0. The number of nitrogens with one attached hydrogen (secondary N) is 1. The molecule has 5 nitrogen and oxygen atoms in total. The van der Waals surface area contributed by atoms with Crippen molar-refractivity contribution in [1.82, 2.24) is 5.32 Å². The zero-order valence-electron chi connectivity index (χ0n) is 14.3. The topological polar surface area (TPSA) is 58.6 Å². The van der Waals surface area contributed by atoms with E-state index in [-0.39, 0.29) is 11.8 Å². The molecule has 1 saturated carbocycles. The normalized spacial score (nSPS) is 18.0. The number of hydrogen-bond acceptors (Lipinski definition) is 3. The molecule has 1 aromatic rings. The molecule has 2 aliphatic rings. The van der Waals surface area contributed by atoms with Gasteiger partial charge in [-0.25, -0.2) is 0 Å². The lowest BCUT2D eigenvalue weighted by molar-refractivity contribution is -0.132. The summed E-state index contributed by atoms with van der Waals surface area (Å²) in [6.07, 6.45) is 4.29. The molecule has 1 aliphatic heterocycles. The van der Waals surface area contributed by atoms with Crippen molar-refractivity contribution in [1.29, 1.82) is 0 Å². The quantitative estimate of drug-likeness (QED) is 0.834. The Bertz CT molecular complexity index is 598. The molecule has 3 rings (SSSR count). The predicted molar refractivity (Wildman–Crippen MR) is 92.9 cm³/mol. The number of hydrogen-bond donors (Lipinski definition) is 1. The summed E-state index contributed by atoms with van der Waals surface area (Å²) in [7, 11) is 0. The number of rotatable bonds is 7. The third-order valence-electron chi connectivity index (χ3n) is 4.70. The summed E-state index contributed by atoms with van der Waals surface area (Å²) in [5, 5.41) is 2.81. The minimum Gasteiger partial charge on any atom is -0.368 e. The number of nitrogens with zero attached hydrogens (tertiary/aromatic N) is 1. The summed E-state index contributed by atoms with van der Waals surface area (Å²) in [5.74, 6) is 0.567. The molecule has 0 saturated heterocycles. The van der Waals surface area contributed by atoms with Gasteiger partial charge >= 0.3 is 0 Å². The summed E-state index contributed by atoms with van der Waals surface area (Å²) < 4.78 is 5.54. The van der Waals surface area contributed by atoms with Crippen LogP contribution in [-0.2, 0) is 20.7 Å². The Kier molecular flexibility index (Phi) is 5.51. The average Bonchev–Trinajstić information content (AvgIpc) is 3.43. The van der Waals surface area contributed by atoms with Crippen LogP contribution in [0.15, 0.2) is 24.3 Å². The fourth-order valence-electron chi connectivity index (χ4n) is 3.00. The van der Waals surface area contributed by atoms with Gasteiger partial charge in [-0.05, 0) is 50.2 Å². The summed E-state index contributed by atoms with van der Waals surface area (Å²) in [6, 6.07) is 8.05. The fraction of sp³-hybridized carbons (Fsp3) is 0.579. The van der Waals surface area contributed by atoms with Gasteiger partial charge in [0.05, 0.1) is 6.61 Å². The molecule has 1 fully saturated rings. The van der Waals surface area contributed by atoms with E-state index < -0.39 is 6.10 Å². The number of para-hydroxylation sites is 1. The van der Waals surface area contributed by atoms with Crippen LogP contribution in [0, 0.1) is 5.92 Å². The van der Waals surface area contributed by atoms with E-state index in [9.17, 15) is 9.59 Å². The second-order valence-corrected chi connectivity index (χ2v) is 6.74. The first-order chi connectivity index (χ1) is 11.6. The number of amides is 2. The Morgan fingerprint density at radius 2 is 2.12 bits per heavy atom. The highest BCUT2D eigenvalue weighted by atomic mass is 16.5. The van der Waals surface area contributed by atoms with Crippen LogP contribution in [0.2, 0.25) is 0 Å². The van der Waals surface area contributed by atoms with Gasteiger partial charge in [-0.2, -0.15) is 0 Å². The van der Waals surface area contributed by atoms with Crippen molar-refractivity contribution in [2.45, 2.75) is 45.1 Å². The molecule has 1 N–H and O–H groups in total. The Morgan fingerprint density at radius 1 is 1.33 bits per heavy atom. The number of carbonyl (C=O) groups excluding carboxylic acids is 2. The van der Waals surface area contributed by atoms with Gasteiger partial charge < -0.3 is 15.0 Å². The van der Waals surface area contributed by atoms with Crippen molar-refractivity contribution in [2.75, 3.05) is 24.6 Å². The maximum absolute atomic E-state index is 12.5. The largest absolute Gasteiger partial charge is 0.368 e. The minimum absolute atomic E-state index is 0.0639. The van der Waals surface area contributed by atoms with Gasteiger partial charge in [-0.3, -0.25) is 9.59 Å². The van der Waals surface area contributed by atoms with E-state index in [4.69, 9.17) is 4.74 Å². The monoisotopic (exact) mass is 330 g/mol. The third kappa shape index (κ3) is 4.35. The van der Waals surface area contributed by atoms with E-state index in [1.54, 1.807) is 6.92 Å². The lowest BCUT2D eigenvalue weighted by Crippen LogP contribution is -2.40. The van der Waals surface area contributed by atoms with Crippen LogP contribution in [0.3, 0.4) is 0 Å². The molecular formula is C19H26N2O3. The van der Waals surface area contributed by atoms with Crippen molar-refractivity contribution in [3.63, 3.8) is 0 Å². The number of anilines is 1. The lowest BCUT2D eigenvalue weighted by atomic mass is 10.0. The van der Waals surface area contributed by atoms with Gasteiger partial charge in [0.1, 0.15) is 6.10 Å². The maximum Gasteiger partial charge on any atom is 0.248 e. The first-order valence-electron chi connectivity index (χ1n) is 8.92. The highest BCUT2D eigenvalue weighted by Gasteiger charge is 2.24. The molecule has 1 aromatic carbocycles. The predicted octanol–water partition coefficient (Wildman–Crippen LogP) is 2.29. The van der Waals surface area contributed by atoms with Crippen molar-refractivity contribution in [3.8, 4) is 0 Å². The number of carbonyl (C=O) groups is 2. The SMILES string of the molecule is C[C@H](OCC1CC1)C(=O)NCCC(=O)N1CCCc2ccccc21. The summed E-state index contributed by atoms with van der Waals surface area (Å²) in [6.45, 7) is 3.54. The molecule has 2 amide bonds. The van der Waals surface area contributed by atoms with Crippen molar-refractivity contribution in [2.24, 2.45) is 5.92 Å². The van der Waals surface area contributed by atoms with E-state index in [0.717, 1.165) is 25.1 Å². The standard InChI is InChI=1S/C19H26N2O3/c1-14(24-13-15-8-9-15)19(23)20-11-10-18(22)21-12-4-6-16-5-2-3-7-17(16)21/h2-3,5,7,14-15H,4,6,8-13H2,1H3,(H,20,23)/t14-/m0/s1. The number of ether oxygens (including phenoxy) is 1. The van der Waals surface area contributed by atoms with E-state index >= 15 is 0 Å². The average molecular weight is 330 g/mol. The van der Waals surface area contributed by atoms with Crippen LogP contribution in [0.1, 0.15) is 38.2 Å². The van der Waals surface area contributed by atoms with E-state index in [1.165, 1.54) is 18.4 Å². The molecule has 130 valence electrons. The van der Waals surface area contributed by atoms with Crippen molar-refractivity contribution < 1.29 is 14.3 Å². The molecule has 0 spiro atoms. The Hall–Kier alpha value is -1.88. The molecule has 5 heteroatoms. The molecule has 24 heavy (non-hydrogen) atoms. The van der Waals surface area contributed by atoms with Crippen molar-refractivity contribution in [3.05, 3.63) is 29.8 Å². The molecule has 0 aromatic heterocycles. The van der Waals surface area contributed by atoms with Crippen LogP contribution in [0.25, 0.3) is 0 Å². The van der Waals surface area contributed by atoms with Crippen molar-refractivity contribution >= 4 is 17.5 Å². The summed E-state index contributed by atoms with van der Waals surface area (Å²) in [5.41, 5.74) is 2.24. The van der Waals surface area contributed by atoms with E-state index in [0.29, 0.717) is 25.5 Å². The van der Waals surface area contributed by atoms with Crippen LogP contribution in [0.5, 0.6) is 0 Å². The van der Waals surface area contributed by atoms with Gasteiger partial charge in [0, 0.05) is 25.2 Å². The molecule has 1 aliphatic carbocycles. The number of aryl methyl sites for hydroxylation is 1. The highest BCUT2D eigenvalue weighted by Crippen LogP contribution is 2.29. The highest BCUT2D eigenvalue weighted by molar-refractivity contribution is 5.95. The Balaban J connectivity index is 1.43. The Labute approximate surface area is 143 Å². The van der Waals surface area contributed by atoms with Gasteiger partial charge in [0.25, 0.3) is 0 Å². The van der Waals surface area contributed by atoms with Crippen LogP contribution in [-0.4, -0.2) is 37.6 Å². The molecule has 1 heterocycles. The molecule has 0 unspecified atom stereocenters. The first-order valence-corrected chi connectivity index (χ1v) is 8.92. The smallest absolute Gasteiger partial charge is 0.248 e. The molecule has 0 bridgehead atoms. The second-order valence-electron chi connectivity index (χ2n) is 6.74. The minimum atomic E-state index is -0.448. The Morgan fingerprint density at radius 3 is 2.92 bits per heavy atom. The lowest BCUT2D eigenvalue weighted by Gasteiger charge is -2.29. The van der Waals surface area contributed by atoms with Gasteiger partial charge in [-0.1, -0.05) is 18.2 Å². The molecule has 1 atom stereocenters. The van der Waals surface area contributed by atoms with Gasteiger partial charge in [0.2, 0.25) is 11.8 Å². The summed E-state index contributed by atoms with van der Waals surface area (Å²) >= 11 is 0. The second kappa shape index (κ2) is 7.79. The van der Waals surface area contributed by atoms with Crippen LogP contribution in [0.4, 0.5) is 5.69 Å². The maximum atomic E-state index is 12.5. The van der Waals surface area contributed by atoms with E-state index in [1.807, 2.05) is 23.1 Å².